The molecule has 3 nitrogen and oxygen atoms in total. The number of methoxy groups -OCH3 is 1. The number of rotatable bonds is 4. The lowest BCUT2D eigenvalue weighted by molar-refractivity contribution is 0.0994. The first-order valence-corrected chi connectivity index (χ1v) is 6.77. The molecule has 0 radical (unpaired) electrons. The Morgan fingerprint density at radius 3 is 2.57 bits per heavy atom. The molecule has 0 aliphatic carbocycles. The summed E-state index contributed by atoms with van der Waals surface area (Å²) in [4.78, 5) is 16.7. The standard InChI is InChI=1S/C18H15NO2/c1-21-15-8-6-13(7-9-15)10-18(20)17-12-19-11-14-4-2-3-5-16(14)17/h2-9,11-12H,10H2,1H3. The summed E-state index contributed by atoms with van der Waals surface area (Å²) >= 11 is 0. The largest absolute Gasteiger partial charge is 0.497 e. The fourth-order valence-corrected chi connectivity index (χ4v) is 2.36. The van der Waals surface area contributed by atoms with Gasteiger partial charge in [-0.2, -0.15) is 0 Å². The van der Waals surface area contributed by atoms with Crippen molar-refractivity contribution in [2.75, 3.05) is 7.11 Å². The molecule has 0 unspecified atom stereocenters. The van der Waals surface area contributed by atoms with E-state index in [0.29, 0.717) is 12.0 Å². The number of carbonyl (C=O) groups is 1. The summed E-state index contributed by atoms with van der Waals surface area (Å²) in [6, 6.07) is 15.4. The molecule has 0 saturated heterocycles. The van der Waals surface area contributed by atoms with E-state index in [2.05, 4.69) is 4.98 Å². The molecule has 0 spiro atoms. The van der Waals surface area contributed by atoms with Crippen molar-refractivity contribution in [1.82, 2.24) is 4.98 Å². The van der Waals surface area contributed by atoms with Gasteiger partial charge in [0.1, 0.15) is 5.75 Å². The molecule has 1 heterocycles. The third-order valence-electron chi connectivity index (χ3n) is 3.49. The van der Waals surface area contributed by atoms with Crippen molar-refractivity contribution in [3.05, 3.63) is 72.1 Å². The first-order valence-electron chi connectivity index (χ1n) is 6.77. The summed E-state index contributed by atoms with van der Waals surface area (Å²) in [5.41, 5.74) is 1.64. The van der Waals surface area contributed by atoms with Gasteiger partial charge >= 0.3 is 0 Å². The van der Waals surface area contributed by atoms with Crippen LogP contribution in [0.25, 0.3) is 10.8 Å². The molecule has 21 heavy (non-hydrogen) atoms. The van der Waals surface area contributed by atoms with Gasteiger partial charge in [0.25, 0.3) is 0 Å². The van der Waals surface area contributed by atoms with E-state index in [1.54, 1.807) is 19.5 Å². The number of aromatic nitrogens is 1. The van der Waals surface area contributed by atoms with E-state index in [-0.39, 0.29) is 5.78 Å². The fraction of sp³-hybridized carbons (Fsp3) is 0.111. The number of fused-ring (bicyclic) bond motifs is 1. The minimum Gasteiger partial charge on any atom is -0.497 e. The quantitative estimate of drug-likeness (QED) is 0.683. The van der Waals surface area contributed by atoms with E-state index in [4.69, 9.17) is 4.74 Å². The van der Waals surface area contributed by atoms with Crippen molar-refractivity contribution in [2.45, 2.75) is 6.42 Å². The topological polar surface area (TPSA) is 39.2 Å². The van der Waals surface area contributed by atoms with Crippen LogP contribution in [-0.4, -0.2) is 17.9 Å². The number of hydrogen-bond acceptors (Lipinski definition) is 3. The van der Waals surface area contributed by atoms with Gasteiger partial charge in [0.05, 0.1) is 7.11 Å². The SMILES string of the molecule is COc1ccc(CC(=O)c2cncc3ccccc23)cc1. The number of nitrogens with zero attached hydrogens (tertiary/aromatic N) is 1. The summed E-state index contributed by atoms with van der Waals surface area (Å²) in [6.45, 7) is 0. The molecule has 0 amide bonds. The van der Waals surface area contributed by atoms with Gasteiger partial charge < -0.3 is 4.74 Å². The molecule has 3 rings (SSSR count). The van der Waals surface area contributed by atoms with E-state index in [9.17, 15) is 4.79 Å². The molecular weight excluding hydrogens is 262 g/mol. The van der Waals surface area contributed by atoms with Crippen LogP contribution in [0.2, 0.25) is 0 Å². The van der Waals surface area contributed by atoms with Crippen molar-refractivity contribution in [3.63, 3.8) is 0 Å². The zero-order valence-electron chi connectivity index (χ0n) is 11.7. The molecule has 0 saturated carbocycles. The zero-order chi connectivity index (χ0) is 14.7. The lowest BCUT2D eigenvalue weighted by Gasteiger charge is -2.06. The van der Waals surface area contributed by atoms with Gasteiger partial charge in [-0.25, -0.2) is 0 Å². The molecule has 104 valence electrons. The van der Waals surface area contributed by atoms with Crippen LogP contribution in [0.4, 0.5) is 0 Å². The maximum absolute atomic E-state index is 12.5. The third-order valence-corrected chi connectivity index (χ3v) is 3.49. The molecule has 3 aromatic rings. The minimum atomic E-state index is 0.0736. The highest BCUT2D eigenvalue weighted by Gasteiger charge is 2.11. The van der Waals surface area contributed by atoms with Crippen LogP contribution >= 0.6 is 0 Å². The monoisotopic (exact) mass is 277 g/mol. The highest BCUT2D eigenvalue weighted by molar-refractivity contribution is 6.08. The number of hydrogen-bond donors (Lipinski definition) is 0. The zero-order valence-corrected chi connectivity index (χ0v) is 11.7. The molecule has 0 aliphatic heterocycles. The Kier molecular flexibility index (Phi) is 3.65. The molecular formula is C18H15NO2. The Morgan fingerprint density at radius 2 is 1.81 bits per heavy atom. The number of pyridine rings is 1. The summed E-state index contributed by atoms with van der Waals surface area (Å²) < 4.78 is 5.12. The van der Waals surface area contributed by atoms with Crippen LogP contribution in [0, 0.1) is 0 Å². The number of Topliss-reactive ketones (excluding diaryl/α,β-unsaturated/α-hetero) is 1. The second kappa shape index (κ2) is 5.75. The smallest absolute Gasteiger partial charge is 0.169 e. The lowest BCUT2D eigenvalue weighted by atomic mass is 10.00. The Balaban J connectivity index is 1.90. The second-order valence-electron chi connectivity index (χ2n) is 4.86. The number of ketones is 1. The van der Waals surface area contributed by atoms with Crippen molar-refractivity contribution >= 4 is 16.6 Å². The van der Waals surface area contributed by atoms with Crippen LogP contribution in [0.15, 0.2) is 60.9 Å². The van der Waals surface area contributed by atoms with Gasteiger partial charge in [0.15, 0.2) is 5.78 Å². The van der Waals surface area contributed by atoms with Crippen LogP contribution < -0.4 is 4.74 Å². The van der Waals surface area contributed by atoms with Gasteiger partial charge in [-0.05, 0) is 23.1 Å². The Bertz CT molecular complexity index is 773. The van der Waals surface area contributed by atoms with E-state index in [0.717, 1.165) is 22.1 Å². The van der Waals surface area contributed by atoms with Crippen LogP contribution in [0.3, 0.4) is 0 Å². The van der Waals surface area contributed by atoms with E-state index >= 15 is 0 Å². The Labute approximate surface area is 123 Å². The van der Waals surface area contributed by atoms with Crippen molar-refractivity contribution in [1.29, 1.82) is 0 Å². The van der Waals surface area contributed by atoms with Gasteiger partial charge in [0.2, 0.25) is 0 Å². The molecule has 0 N–H and O–H groups in total. The molecule has 1 aromatic heterocycles. The summed E-state index contributed by atoms with van der Waals surface area (Å²) in [6.07, 6.45) is 3.79. The predicted octanol–water partition coefficient (Wildman–Crippen LogP) is 3.67. The molecule has 0 atom stereocenters. The van der Waals surface area contributed by atoms with E-state index < -0.39 is 0 Å². The number of ether oxygens (including phenoxy) is 1. The summed E-state index contributed by atoms with van der Waals surface area (Å²) in [7, 11) is 1.63. The average Bonchev–Trinajstić information content (AvgIpc) is 2.55. The predicted molar refractivity (Wildman–Crippen MR) is 82.8 cm³/mol. The molecule has 0 bridgehead atoms. The second-order valence-corrected chi connectivity index (χ2v) is 4.86. The van der Waals surface area contributed by atoms with Crippen LogP contribution in [-0.2, 0) is 6.42 Å². The average molecular weight is 277 g/mol. The summed E-state index contributed by atoms with van der Waals surface area (Å²) in [5, 5.41) is 1.93. The maximum Gasteiger partial charge on any atom is 0.169 e. The highest BCUT2D eigenvalue weighted by Crippen LogP contribution is 2.19. The third kappa shape index (κ3) is 2.77. The number of benzene rings is 2. The van der Waals surface area contributed by atoms with Crippen LogP contribution in [0.1, 0.15) is 15.9 Å². The fourth-order valence-electron chi connectivity index (χ4n) is 2.36. The Hall–Kier alpha value is -2.68. The normalized spacial score (nSPS) is 10.5. The highest BCUT2D eigenvalue weighted by atomic mass is 16.5. The molecule has 2 aromatic carbocycles. The van der Waals surface area contributed by atoms with Gasteiger partial charge in [-0.3, -0.25) is 9.78 Å². The molecule has 3 heteroatoms. The van der Waals surface area contributed by atoms with Crippen molar-refractivity contribution in [2.24, 2.45) is 0 Å². The van der Waals surface area contributed by atoms with Crippen molar-refractivity contribution < 1.29 is 9.53 Å². The molecule has 0 aliphatic rings. The van der Waals surface area contributed by atoms with E-state index in [1.165, 1.54) is 0 Å². The first-order chi connectivity index (χ1) is 10.3. The maximum atomic E-state index is 12.5. The van der Waals surface area contributed by atoms with Gasteiger partial charge in [-0.1, -0.05) is 36.4 Å². The lowest BCUT2D eigenvalue weighted by Crippen LogP contribution is -2.05. The Morgan fingerprint density at radius 1 is 1.05 bits per heavy atom. The van der Waals surface area contributed by atoms with E-state index in [1.807, 2.05) is 48.5 Å². The first kappa shape index (κ1) is 13.3. The van der Waals surface area contributed by atoms with Crippen LogP contribution in [0.5, 0.6) is 5.75 Å². The minimum absolute atomic E-state index is 0.0736. The number of carbonyl (C=O) groups excluding carboxylic acids is 1. The molecule has 0 fully saturated rings. The summed E-state index contributed by atoms with van der Waals surface area (Å²) in [5.74, 6) is 0.863. The van der Waals surface area contributed by atoms with Gasteiger partial charge in [-0.15, -0.1) is 0 Å². The van der Waals surface area contributed by atoms with Gasteiger partial charge in [0, 0.05) is 29.8 Å². The van der Waals surface area contributed by atoms with Crippen molar-refractivity contribution in [3.8, 4) is 5.75 Å².